The van der Waals surface area contributed by atoms with Crippen LogP contribution in [0.4, 0.5) is 0 Å². The summed E-state index contributed by atoms with van der Waals surface area (Å²) in [6, 6.07) is -0.562. The zero-order valence-electron chi connectivity index (χ0n) is 11.5. The molecule has 0 unspecified atom stereocenters. The predicted octanol–water partition coefficient (Wildman–Crippen LogP) is 0.587. The molecule has 0 spiro atoms. The van der Waals surface area contributed by atoms with Crippen LogP contribution >= 0.6 is 0 Å². The molecule has 0 aliphatic carbocycles. The van der Waals surface area contributed by atoms with Crippen LogP contribution < -0.4 is 11.1 Å². The Labute approximate surface area is 113 Å². The van der Waals surface area contributed by atoms with Crippen molar-refractivity contribution < 1.29 is 9.53 Å². The number of nitrogens with one attached hydrogen (secondary N) is 1. The number of hydrogen-bond donors (Lipinski definition) is 2. The van der Waals surface area contributed by atoms with Crippen molar-refractivity contribution in [3.8, 4) is 0 Å². The maximum Gasteiger partial charge on any atom is 0.236 e. The van der Waals surface area contributed by atoms with Crippen LogP contribution in [0.3, 0.4) is 0 Å². The number of carbonyl (C=O) groups excluding carboxylic acids is 1. The topological polar surface area (TPSA) is 82.2 Å². The number of amides is 1. The van der Waals surface area contributed by atoms with Crippen molar-refractivity contribution in [3.05, 3.63) is 18.2 Å². The van der Waals surface area contributed by atoms with E-state index in [0.717, 1.165) is 25.2 Å². The summed E-state index contributed by atoms with van der Waals surface area (Å²) in [5.41, 5.74) is 5.60. The van der Waals surface area contributed by atoms with E-state index in [0.29, 0.717) is 6.61 Å². The van der Waals surface area contributed by atoms with E-state index in [1.807, 2.05) is 10.8 Å². The summed E-state index contributed by atoms with van der Waals surface area (Å²) < 4.78 is 7.86. The lowest BCUT2D eigenvalue weighted by Crippen LogP contribution is -2.48. The van der Waals surface area contributed by atoms with Gasteiger partial charge in [0.15, 0.2) is 0 Å². The second-order valence-corrected chi connectivity index (χ2v) is 4.91. The lowest BCUT2D eigenvalue weighted by molar-refractivity contribution is -0.125. The highest BCUT2D eigenvalue weighted by atomic mass is 16.5. The number of nitrogens with two attached hydrogens (primary N) is 1. The van der Waals surface area contributed by atoms with Gasteiger partial charge in [0.25, 0.3) is 0 Å². The Morgan fingerprint density at radius 3 is 3.21 bits per heavy atom. The first-order valence-electron chi connectivity index (χ1n) is 6.82. The van der Waals surface area contributed by atoms with Gasteiger partial charge in [0.2, 0.25) is 5.91 Å². The van der Waals surface area contributed by atoms with E-state index in [-0.39, 0.29) is 18.1 Å². The summed E-state index contributed by atoms with van der Waals surface area (Å²) in [5, 5.41) is 2.97. The maximum atomic E-state index is 11.8. The van der Waals surface area contributed by atoms with Crippen molar-refractivity contribution in [2.75, 3.05) is 6.61 Å². The van der Waals surface area contributed by atoms with Gasteiger partial charge in [-0.15, -0.1) is 0 Å². The molecule has 1 aromatic rings. The van der Waals surface area contributed by atoms with Crippen LogP contribution in [0.15, 0.2) is 12.4 Å². The van der Waals surface area contributed by atoms with Crippen molar-refractivity contribution in [2.24, 2.45) is 5.73 Å². The van der Waals surface area contributed by atoms with Crippen LogP contribution in [-0.4, -0.2) is 34.1 Å². The minimum absolute atomic E-state index is 0.0556. The van der Waals surface area contributed by atoms with Crippen molar-refractivity contribution in [1.29, 1.82) is 0 Å². The molecule has 3 N–H and O–H groups in total. The number of aromatic nitrogens is 2. The van der Waals surface area contributed by atoms with Gasteiger partial charge in [0.1, 0.15) is 11.9 Å². The zero-order chi connectivity index (χ0) is 13.8. The number of aryl methyl sites for hydroxylation is 1. The summed E-state index contributed by atoms with van der Waals surface area (Å²) in [4.78, 5) is 16.1. The number of nitrogens with zero attached hydrogens (tertiary/aromatic N) is 2. The smallest absolute Gasteiger partial charge is 0.236 e. The summed E-state index contributed by atoms with van der Waals surface area (Å²) in [5.74, 6) is 0.729. The van der Waals surface area contributed by atoms with E-state index in [1.54, 1.807) is 13.1 Å². The normalized spacial score (nSPS) is 25.0. The molecule has 0 bridgehead atoms. The minimum Gasteiger partial charge on any atom is -0.368 e. The third kappa shape index (κ3) is 3.13. The van der Waals surface area contributed by atoms with Crippen LogP contribution in [-0.2, 0) is 16.1 Å². The highest BCUT2D eigenvalue weighted by Gasteiger charge is 2.32. The molecule has 0 radical (unpaired) electrons. The molecule has 106 valence electrons. The van der Waals surface area contributed by atoms with Gasteiger partial charge < -0.3 is 20.4 Å². The van der Waals surface area contributed by atoms with E-state index in [9.17, 15) is 4.79 Å². The zero-order valence-corrected chi connectivity index (χ0v) is 11.5. The Bertz CT molecular complexity index is 430. The summed E-state index contributed by atoms with van der Waals surface area (Å²) in [6.45, 7) is 5.28. The summed E-state index contributed by atoms with van der Waals surface area (Å²) in [7, 11) is 0. The van der Waals surface area contributed by atoms with Crippen molar-refractivity contribution in [2.45, 2.75) is 51.4 Å². The van der Waals surface area contributed by atoms with Gasteiger partial charge in [-0.3, -0.25) is 4.79 Å². The minimum atomic E-state index is -0.506. The fourth-order valence-electron chi connectivity index (χ4n) is 2.34. The molecule has 1 aliphatic heterocycles. The maximum absolute atomic E-state index is 11.8. The molecule has 6 heteroatoms. The Morgan fingerprint density at radius 1 is 1.74 bits per heavy atom. The quantitative estimate of drug-likeness (QED) is 0.835. The van der Waals surface area contributed by atoms with Gasteiger partial charge in [-0.1, -0.05) is 0 Å². The fourth-order valence-corrected chi connectivity index (χ4v) is 2.34. The molecule has 1 saturated heterocycles. The van der Waals surface area contributed by atoms with E-state index >= 15 is 0 Å². The number of ether oxygens (including phenoxy) is 1. The third-order valence-electron chi connectivity index (χ3n) is 3.41. The highest BCUT2D eigenvalue weighted by molar-refractivity contribution is 5.81. The summed E-state index contributed by atoms with van der Waals surface area (Å²) >= 11 is 0. The fraction of sp³-hybridized carbons (Fsp3) is 0.692. The Hall–Kier alpha value is -1.40. The number of carbonyl (C=O) groups is 1. The average Bonchev–Trinajstić information content (AvgIpc) is 2.87. The number of rotatable bonds is 4. The monoisotopic (exact) mass is 266 g/mol. The molecular formula is C13H22N4O2. The average molecular weight is 266 g/mol. The molecule has 2 rings (SSSR count). The van der Waals surface area contributed by atoms with Gasteiger partial charge in [-0.05, 0) is 26.7 Å². The Morgan fingerprint density at radius 2 is 2.53 bits per heavy atom. The van der Waals surface area contributed by atoms with Crippen LogP contribution in [0.1, 0.15) is 38.6 Å². The second-order valence-electron chi connectivity index (χ2n) is 4.91. The Kier molecular flexibility index (Phi) is 4.55. The number of imidazole rings is 1. The van der Waals surface area contributed by atoms with Crippen molar-refractivity contribution in [3.63, 3.8) is 0 Å². The van der Waals surface area contributed by atoms with Crippen LogP contribution in [0.5, 0.6) is 0 Å². The molecule has 6 nitrogen and oxygen atoms in total. The molecule has 3 atom stereocenters. The molecule has 19 heavy (non-hydrogen) atoms. The standard InChI is InChI=1S/C13H22N4O2/c1-3-17-7-6-15-12(17)11-10(5-4-8-19-11)16-13(18)9(2)14/h6-7,9-11H,3-5,8,14H2,1-2H3,(H,16,18)/t9-,10-,11-/m0/s1. The van der Waals surface area contributed by atoms with Gasteiger partial charge in [0.05, 0.1) is 12.1 Å². The van der Waals surface area contributed by atoms with E-state index in [2.05, 4.69) is 17.2 Å². The van der Waals surface area contributed by atoms with Gasteiger partial charge in [-0.25, -0.2) is 4.98 Å². The third-order valence-corrected chi connectivity index (χ3v) is 3.41. The molecule has 1 fully saturated rings. The molecule has 0 saturated carbocycles. The SMILES string of the molecule is CCn1ccnc1[C@H]1OCCC[C@@H]1NC(=O)[C@H](C)N. The summed E-state index contributed by atoms with van der Waals surface area (Å²) in [6.07, 6.45) is 5.33. The van der Waals surface area contributed by atoms with Crippen molar-refractivity contribution in [1.82, 2.24) is 14.9 Å². The van der Waals surface area contributed by atoms with E-state index in [1.165, 1.54) is 0 Å². The van der Waals surface area contributed by atoms with Crippen LogP contribution in [0.2, 0.25) is 0 Å². The molecule has 2 heterocycles. The first kappa shape index (κ1) is 14.0. The van der Waals surface area contributed by atoms with E-state index in [4.69, 9.17) is 10.5 Å². The highest BCUT2D eigenvalue weighted by Crippen LogP contribution is 2.27. The van der Waals surface area contributed by atoms with Crippen LogP contribution in [0, 0.1) is 0 Å². The first-order valence-corrected chi connectivity index (χ1v) is 6.82. The second kappa shape index (κ2) is 6.16. The lowest BCUT2D eigenvalue weighted by atomic mass is 10.0. The first-order chi connectivity index (χ1) is 9.13. The van der Waals surface area contributed by atoms with Crippen LogP contribution in [0.25, 0.3) is 0 Å². The molecule has 1 aromatic heterocycles. The molecule has 1 aliphatic rings. The van der Waals surface area contributed by atoms with Gasteiger partial charge >= 0.3 is 0 Å². The van der Waals surface area contributed by atoms with E-state index < -0.39 is 6.04 Å². The predicted molar refractivity (Wildman–Crippen MR) is 71.4 cm³/mol. The largest absolute Gasteiger partial charge is 0.368 e. The molecule has 0 aromatic carbocycles. The van der Waals surface area contributed by atoms with Gasteiger partial charge in [-0.2, -0.15) is 0 Å². The number of hydrogen-bond acceptors (Lipinski definition) is 4. The molecule has 1 amide bonds. The molecular weight excluding hydrogens is 244 g/mol. The Balaban J connectivity index is 2.14. The van der Waals surface area contributed by atoms with Gasteiger partial charge in [0, 0.05) is 25.5 Å². The lowest BCUT2D eigenvalue weighted by Gasteiger charge is -2.32. The van der Waals surface area contributed by atoms with Crippen molar-refractivity contribution >= 4 is 5.91 Å².